The summed E-state index contributed by atoms with van der Waals surface area (Å²) < 4.78 is 28.0. The molecule has 0 amide bonds. The van der Waals surface area contributed by atoms with Crippen molar-refractivity contribution in [1.29, 1.82) is 0 Å². The molecule has 0 unspecified atom stereocenters. The maximum atomic E-state index is 9.95. The lowest BCUT2D eigenvalue weighted by molar-refractivity contribution is 0.480. The number of unbranched alkanes of at least 4 members (excludes halogenated alkanes) is 1. The number of rotatable bonds is 6. The molecule has 0 heterocycles. The van der Waals surface area contributed by atoms with Crippen molar-refractivity contribution in [1.82, 2.24) is 0 Å². The van der Waals surface area contributed by atoms with Gasteiger partial charge in [-0.1, -0.05) is 129 Å². The van der Waals surface area contributed by atoms with Crippen LogP contribution in [0.4, 0.5) is 0 Å². The molecule has 1 N–H and O–H groups in total. The van der Waals surface area contributed by atoms with Gasteiger partial charge in [0.2, 0.25) is 0 Å². The van der Waals surface area contributed by atoms with E-state index >= 15 is 0 Å². The van der Waals surface area contributed by atoms with Gasteiger partial charge in [0.05, 0.1) is 5.75 Å². The summed E-state index contributed by atoms with van der Waals surface area (Å²) in [5.41, 5.74) is 13.4. The molecule has 4 heteroatoms. The van der Waals surface area contributed by atoms with Gasteiger partial charge in [-0.25, -0.2) is 0 Å². The summed E-state index contributed by atoms with van der Waals surface area (Å²) in [5.74, 6) is -0.108. The maximum absolute atomic E-state index is 9.95. The van der Waals surface area contributed by atoms with E-state index < -0.39 is 10.1 Å². The minimum Gasteiger partial charge on any atom is -0.286 e. The smallest absolute Gasteiger partial charge is 0.264 e. The van der Waals surface area contributed by atoms with Gasteiger partial charge >= 0.3 is 0 Å². The van der Waals surface area contributed by atoms with Crippen molar-refractivity contribution in [2.45, 2.75) is 26.2 Å². The molecular formula is C35H32O3S. The lowest BCUT2D eigenvalue weighted by Gasteiger charge is -2.21. The van der Waals surface area contributed by atoms with Gasteiger partial charge in [0, 0.05) is 0 Å². The van der Waals surface area contributed by atoms with Crippen LogP contribution in [0.2, 0.25) is 0 Å². The zero-order chi connectivity index (χ0) is 27.2. The van der Waals surface area contributed by atoms with Crippen molar-refractivity contribution in [2.75, 3.05) is 5.75 Å². The minimum atomic E-state index is -3.69. The molecule has 0 saturated heterocycles. The SMILES string of the molecule is CCCCS(=O)(=O)O.c1ccc(-c2cc3c(c(-c4ccccc4)c2-c2ccccc2)Cc2ccccc2-3)cc1. The fraction of sp³-hybridized carbons (Fsp3) is 0.143. The third-order valence-electron chi connectivity index (χ3n) is 7.08. The van der Waals surface area contributed by atoms with E-state index in [2.05, 4.69) is 121 Å². The van der Waals surface area contributed by atoms with Crippen LogP contribution < -0.4 is 0 Å². The molecule has 1 aliphatic rings. The first-order valence-corrected chi connectivity index (χ1v) is 15.0. The van der Waals surface area contributed by atoms with Crippen molar-refractivity contribution in [3.63, 3.8) is 0 Å². The predicted octanol–water partition coefficient (Wildman–Crippen LogP) is 8.93. The van der Waals surface area contributed by atoms with Gasteiger partial charge in [-0.3, -0.25) is 4.55 Å². The normalized spacial score (nSPS) is 11.7. The van der Waals surface area contributed by atoms with Crippen molar-refractivity contribution in [3.05, 3.63) is 132 Å². The molecule has 0 bridgehead atoms. The molecule has 1 aliphatic carbocycles. The second-order valence-corrected chi connectivity index (χ2v) is 11.3. The quantitative estimate of drug-likeness (QED) is 0.218. The Morgan fingerprint density at radius 3 is 1.67 bits per heavy atom. The summed E-state index contributed by atoms with van der Waals surface area (Å²) in [6.45, 7) is 1.87. The molecule has 0 aliphatic heterocycles. The Balaban J connectivity index is 0.000000339. The second-order valence-electron chi connectivity index (χ2n) is 9.77. The Hall–Kier alpha value is -3.99. The van der Waals surface area contributed by atoms with Gasteiger partial charge in [0.25, 0.3) is 10.1 Å². The van der Waals surface area contributed by atoms with E-state index in [9.17, 15) is 8.42 Å². The van der Waals surface area contributed by atoms with Crippen LogP contribution in [0, 0.1) is 0 Å². The van der Waals surface area contributed by atoms with Crippen molar-refractivity contribution < 1.29 is 13.0 Å². The van der Waals surface area contributed by atoms with Gasteiger partial charge < -0.3 is 0 Å². The molecule has 39 heavy (non-hydrogen) atoms. The Kier molecular flexibility index (Phi) is 8.06. The standard InChI is InChI=1S/C31H22.C4H10O3S/c1-4-12-22(13-5-1)27-21-28-26-19-11-10-18-25(26)20-29(28)31(24-16-8-3-9-17-24)30(27)23-14-6-2-7-15-23;1-2-3-4-8(5,6)7/h1-19,21H,20H2;2-4H2,1H3,(H,5,6,7). The third kappa shape index (κ3) is 6.03. The molecule has 0 fully saturated rings. The number of hydrogen-bond donors (Lipinski definition) is 1. The van der Waals surface area contributed by atoms with E-state index in [1.807, 2.05) is 6.92 Å². The van der Waals surface area contributed by atoms with Gasteiger partial charge in [-0.05, 0) is 74.5 Å². The van der Waals surface area contributed by atoms with E-state index in [0.717, 1.165) is 12.8 Å². The first kappa shape index (κ1) is 26.6. The molecule has 0 radical (unpaired) electrons. The predicted molar refractivity (Wildman–Crippen MR) is 162 cm³/mol. The fourth-order valence-electron chi connectivity index (χ4n) is 5.28. The minimum absolute atomic E-state index is 0.108. The van der Waals surface area contributed by atoms with Gasteiger partial charge in [-0.2, -0.15) is 8.42 Å². The summed E-state index contributed by atoms with van der Waals surface area (Å²) in [4.78, 5) is 0. The van der Waals surface area contributed by atoms with Gasteiger partial charge in [0.15, 0.2) is 0 Å². The molecule has 5 aromatic rings. The number of fused-ring (bicyclic) bond motifs is 3. The van der Waals surface area contributed by atoms with Crippen LogP contribution >= 0.6 is 0 Å². The Morgan fingerprint density at radius 1 is 0.615 bits per heavy atom. The Morgan fingerprint density at radius 2 is 1.13 bits per heavy atom. The van der Waals surface area contributed by atoms with Gasteiger partial charge in [-0.15, -0.1) is 0 Å². The zero-order valence-corrected chi connectivity index (χ0v) is 22.9. The van der Waals surface area contributed by atoms with E-state index in [1.54, 1.807) is 0 Å². The van der Waals surface area contributed by atoms with Crippen LogP contribution in [0.1, 0.15) is 30.9 Å². The molecule has 5 aromatic carbocycles. The number of hydrogen-bond acceptors (Lipinski definition) is 2. The largest absolute Gasteiger partial charge is 0.286 e. The molecule has 0 spiro atoms. The first-order valence-electron chi connectivity index (χ1n) is 13.4. The lowest BCUT2D eigenvalue weighted by Crippen LogP contribution is -2.02. The van der Waals surface area contributed by atoms with E-state index in [-0.39, 0.29) is 5.75 Å². The summed E-state index contributed by atoms with van der Waals surface area (Å²) in [5, 5.41) is 0. The fourth-order valence-corrected chi connectivity index (χ4v) is 5.93. The molecule has 0 aromatic heterocycles. The van der Waals surface area contributed by atoms with Crippen LogP contribution in [0.5, 0.6) is 0 Å². The third-order valence-corrected chi connectivity index (χ3v) is 7.88. The first-order chi connectivity index (χ1) is 19.0. The van der Waals surface area contributed by atoms with Crippen LogP contribution in [0.25, 0.3) is 44.5 Å². The van der Waals surface area contributed by atoms with E-state index in [4.69, 9.17) is 4.55 Å². The van der Waals surface area contributed by atoms with Crippen LogP contribution in [0.3, 0.4) is 0 Å². The molecule has 3 nitrogen and oxygen atoms in total. The average Bonchev–Trinajstić information content (AvgIpc) is 3.35. The zero-order valence-electron chi connectivity index (χ0n) is 22.0. The summed E-state index contributed by atoms with van der Waals surface area (Å²) >= 11 is 0. The monoisotopic (exact) mass is 532 g/mol. The van der Waals surface area contributed by atoms with E-state index in [0.29, 0.717) is 6.42 Å². The van der Waals surface area contributed by atoms with Crippen LogP contribution in [0.15, 0.2) is 121 Å². The molecule has 0 saturated carbocycles. The van der Waals surface area contributed by atoms with Crippen molar-refractivity contribution in [2.24, 2.45) is 0 Å². The highest BCUT2D eigenvalue weighted by atomic mass is 32.2. The van der Waals surface area contributed by atoms with Crippen molar-refractivity contribution in [3.8, 4) is 44.5 Å². The molecule has 196 valence electrons. The average molecular weight is 533 g/mol. The topological polar surface area (TPSA) is 54.4 Å². The Bertz CT molecular complexity index is 1660. The molecule has 6 rings (SSSR count). The van der Waals surface area contributed by atoms with Crippen LogP contribution in [-0.4, -0.2) is 18.7 Å². The highest BCUT2D eigenvalue weighted by Gasteiger charge is 2.27. The summed E-state index contributed by atoms with van der Waals surface area (Å²) in [7, 11) is -3.69. The summed E-state index contributed by atoms with van der Waals surface area (Å²) in [6, 6.07) is 43.8. The van der Waals surface area contributed by atoms with Crippen LogP contribution in [-0.2, 0) is 16.5 Å². The maximum Gasteiger partial charge on any atom is 0.264 e. The van der Waals surface area contributed by atoms with E-state index in [1.165, 1.54) is 55.6 Å². The van der Waals surface area contributed by atoms with Crippen molar-refractivity contribution >= 4 is 10.1 Å². The lowest BCUT2D eigenvalue weighted by atomic mass is 9.82. The highest BCUT2D eigenvalue weighted by molar-refractivity contribution is 7.85. The number of benzene rings is 5. The Labute approximate surface area is 231 Å². The van der Waals surface area contributed by atoms with Gasteiger partial charge in [0.1, 0.15) is 0 Å². The molecular weight excluding hydrogens is 500 g/mol. The second kappa shape index (κ2) is 11.8. The molecule has 0 atom stereocenters. The highest BCUT2D eigenvalue weighted by Crippen LogP contribution is 2.50. The summed E-state index contributed by atoms with van der Waals surface area (Å²) in [6.07, 6.45) is 2.31.